The van der Waals surface area contributed by atoms with Crippen molar-refractivity contribution in [2.45, 2.75) is 18.7 Å². The van der Waals surface area contributed by atoms with Crippen molar-refractivity contribution in [1.29, 1.82) is 0 Å². The minimum absolute atomic E-state index is 0.154. The highest BCUT2D eigenvalue weighted by atomic mass is 19.1. The Bertz CT molecular complexity index is 101. The lowest BCUT2D eigenvalue weighted by molar-refractivity contribution is 0.00634. The monoisotopic (exact) mass is 134 g/mol. The van der Waals surface area contributed by atoms with Gasteiger partial charge in [0.25, 0.3) is 0 Å². The number of halogens is 1. The van der Waals surface area contributed by atoms with Gasteiger partial charge in [-0.05, 0) is 6.42 Å². The van der Waals surface area contributed by atoms with Crippen molar-refractivity contribution in [1.82, 2.24) is 5.01 Å². The molecule has 1 aliphatic rings. The molecule has 2 atom stereocenters. The summed E-state index contributed by atoms with van der Waals surface area (Å²) in [7, 11) is 0. The SMILES string of the molecule is NN1CCC(O)C(F)C1. The maximum atomic E-state index is 12.5. The first-order chi connectivity index (χ1) is 4.20. The fraction of sp³-hybridized carbons (Fsp3) is 1.00. The van der Waals surface area contributed by atoms with Gasteiger partial charge in [0.1, 0.15) is 6.17 Å². The van der Waals surface area contributed by atoms with Gasteiger partial charge in [-0.2, -0.15) is 0 Å². The van der Waals surface area contributed by atoms with Gasteiger partial charge >= 0.3 is 0 Å². The molecule has 1 heterocycles. The summed E-state index contributed by atoms with van der Waals surface area (Å²) in [6, 6.07) is 0. The summed E-state index contributed by atoms with van der Waals surface area (Å²) >= 11 is 0. The van der Waals surface area contributed by atoms with E-state index in [9.17, 15) is 4.39 Å². The van der Waals surface area contributed by atoms with E-state index in [1.165, 1.54) is 5.01 Å². The number of hydrogen-bond acceptors (Lipinski definition) is 3. The van der Waals surface area contributed by atoms with Crippen molar-refractivity contribution in [2.75, 3.05) is 13.1 Å². The van der Waals surface area contributed by atoms with Gasteiger partial charge in [-0.15, -0.1) is 0 Å². The largest absolute Gasteiger partial charge is 0.390 e. The average molecular weight is 134 g/mol. The zero-order valence-corrected chi connectivity index (χ0v) is 5.13. The first-order valence-corrected chi connectivity index (χ1v) is 3.02. The first-order valence-electron chi connectivity index (χ1n) is 3.02. The standard InChI is InChI=1S/C5H11FN2O/c6-4-3-8(7)2-1-5(4)9/h4-5,9H,1-3,7H2. The first kappa shape index (κ1) is 6.92. The van der Waals surface area contributed by atoms with Crippen LogP contribution in [0.2, 0.25) is 0 Å². The van der Waals surface area contributed by atoms with Gasteiger partial charge in [-0.1, -0.05) is 0 Å². The Hall–Kier alpha value is -0.190. The molecule has 0 radical (unpaired) electrons. The third-order valence-corrected chi connectivity index (χ3v) is 1.54. The maximum Gasteiger partial charge on any atom is 0.140 e. The van der Waals surface area contributed by atoms with Crippen LogP contribution in [-0.4, -0.2) is 35.5 Å². The fourth-order valence-electron chi connectivity index (χ4n) is 0.916. The molecule has 3 N–H and O–H groups in total. The summed E-state index contributed by atoms with van der Waals surface area (Å²) in [5, 5.41) is 10.2. The lowest BCUT2D eigenvalue weighted by Gasteiger charge is -2.28. The topological polar surface area (TPSA) is 49.5 Å². The highest BCUT2D eigenvalue weighted by Crippen LogP contribution is 2.10. The normalized spacial score (nSPS) is 39.0. The van der Waals surface area contributed by atoms with E-state index in [1.807, 2.05) is 0 Å². The molecular formula is C5H11FN2O. The number of aliphatic hydroxyl groups excluding tert-OH is 1. The van der Waals surface area contributed by atoms with E-state index in [-0.39, 0.29) is 6.54 Å². The summed E-state index contributed by atoms with van der Waals surface area (Å²) in [6.45, 7) is 0.739. The molecule has 54 valence electrons. The van der Waals surface area contributed by atoms with Gasteiger partial charge < -0.3 is 5.11 Å². The molecule has 0 aromatic heterocycles. The Labute approximate surface area is 53.2 Å². The second kappa shape index (κ2) is 2.60. The molecule has 0 saturated carbocycles. The van der Waals surface area contributed by atoms with Gasteiger partial charge in [0.15, 0.2) is 0 Å². The number of nitrogens with two attached hydrogens (primary N) is 1. The molecule has 0 spiro atoms. The summed E-state index contributed by atoms with van der Waals surface area (Å²) < 4.78 is 12.5. The molecule has 3 nitrogen and oxygen atoms in total. The zero-order valence-electron chi connectivity index (χ0n) is 5.13. The average Bonchev–Trinajstić information content (AvgIpc) is 1.80. The third kappa shape index (κ3) is 1.61. The van der Waals surface area contributed by atoms with Crippen molar-refractivity contribution in [3.8, 4) is 0 Å². The van der Waals surface area contributed by atoms with Crippen molar-refractivity contribution in [2.24, 2.45) is 5.84 Å². The van der Waals surface area contributed by atoms with Crippen molar-refractivity contribution in [3.05, 3.63) is 0 Å². The minimum Gasteiger partial charge on any atom is -0.390 e. The van der Waals surface area contributed by atoms with Gasteiger partial charge in [0.2, 0.25) is 0 Å². The lowest BCUT2D eigenvalue weighted by atomic mass is 10.1. The number of nitrogens with zero attached hydrogens (tertiary/aromatic N) is 1. The van der Waals surface area contributed by atoms with Crippen LogP contribution in [0.4, 0.5) is 4.39 Å². The van der Waals surface area contributed by atoms with E-state index in [4.69, 9.17) is 10.9 Å². The fourth-order valence-corrected chi connectivity index (χ4v) is 0.916. The van der Waals surface area contributed by atoms with Crippen LogP contribution in [0.15, 0.2) is 0 Å². The Morgan fingerprint density at radius 3 is 2.78 bits per heavy atom. The number of rotatable bonds is 0. The predicted molar refractivity (Wildman–Crippen MR) is 31.3 cm³/mol. The molecule has 0 aromatic rings. The minimum atomic E-state index is -1.16. The van der Waals surface area contributed by atoms with Crippen LogP contribution in [0.3, 0.4) is 0 Å². The van der Waals surface area contributed by atoms with Crippen LogP contribution in [0.5, 0.6) is 0 Å². The van der Waals surface area contributed by atoms with Gasteiger partial charge in [0, 0.05) is 13.1 Å². The summed E-state index contributed by atoms with van der Waals surface area (Å²) in [5.41, 5.74) is 0. The van der Waals surface area contributed by atoms with Gasteiger partial charge in [0.05, 0.1) is 6.10 Å². The number of alkyl halides is 1. The Morgan fingerprint density at radius 2 is 2.33 bits per heavy atom. The van der Waals surface area contributed by atoms with Gasteiger partial charge in [-0.3, -0.25) is 5.84 Å². The molecule has 0 aromatic carbocycles. The molecule has 1 saturated heterocycles. The summed E-state index contributed by atoms with van der Waals surface area (Å²) in [5.74, 6) is 5.27. The summed E-state index contributed by atoms with van der Waals surface area (Å²) in [4.78, 5) is 0. The number of hydrogen-bond donors (Lipinski definition) is 2. The maximum absolute atomic E-state index is 12.5. The van der Waals surface area contributed by atoms with Crippen LogP contribution in [0.25, 0.3) is 0 Å². The van der Waals surface area contributed by atoms with Crippen molar-refractivity contribution < 1.29 is 9.50 Å². The molecule has 2 unspecified atom stereocenters. The van der Waals surface area contributed by atoms with Gasteiger partial charge in [-0.25, -0.2) is 9.40 Å². The van der Waals surface area contributed by atoms with Crippen LogP contribution in [0.1, 0.15) is 6.42 Å². The van der Waals surface area contributed by atoms with Crippen molar-refractivity contribution in [3.63, 3.8) is 0 Å². The number of hydrazine groups is 1. The third-order valence-electron chi connectivity index (χ3n) is 1.54. The van der Waals surface area contributed by atoms with Crippen LogP contribution >= 0.6 is 0 Å². The predicted octanol–water partition coefficient (Wildman–Crippen LogP) is -0.735. The zero-order chi connectivity index (χ0) is 6.85. The van der Waals surface area contributed by atoms with E-state index in [2.05, 4.69) is 0 Å². The second-order valence-electron chi connectivity index (χ2n) is 2.37. The van der Waals surface area contributed by atoms with Crippen LogP contribution in [-0.2, 0) is 0 Å². The smallest absolute Gasteiger partial charge is 0.140 e. The van der Waals surface area contributed by atoms with Crippen molar-refractivity contribution >= 4 is 0 Å². The lowest BCUT2D eigenvalue weighted by Crippen LogP contribution is -2.47. The molecule has 0 aliphatic carbocycles. The Balaban J connectivity index is 2.35. The van der Waals surface area contributed by atoms with Crippen LogP contribution < -0.4 is 5.84 Å². The number of piperidine rings is 1. The van der Waals surface area contributed by atoms with E-state index in [0.717, 1.165) is 0 Å². The van der Waals surface area contributed by atoms with E-state index < -0.39 is 12.3 Å². The molecule has 9 heavy (non-hydrogen) atoms. The number of aliphatic hydroxyl groups is 1. The van der Waals surface area contributed by atoms with E-state index in [0.29, 0.717) is 13.0 Å². The molecule has 1 aliphatic heterocycles. The highest BCUT2D eigenvalue weighted by Gasteiger charge is 2.25. The van der Waals surface area contributed by atoms with Crippen LogP contribution in [0, 0.1) is 0 Å². The van der Waals surface area contributed by atoms with E-state index >= 15 is 0 Å². The molecule has 0 amide bonds. The molecular weight excluding hydrogens is 123 g/mol. The quantitative estimate of drug-likeness (QED) is 0.429. The molecule has 0 bridgehead atoms. The molecule has 4 heteroatoms. The Kier molecular flexibility index (Phi) is 2.00. The molecule has 1 rings (SSSR count). The second-order valence-corrected chi connectivity index (χ2v) is 2.37. The Morgan fingerprint density at radius 1 is 1.67 bits per heavy atom. The highest BCUT2D eigenvalue weighted by molar-refractivity contribution is 4.76. The van der Waals surface area contributed by atoms with E-state index in [1.54, 1.807) is 0 Å². The molecule has 1 fully saturated rings. The summed E-state index contributed by atoms with van der Waals surface area (Å²) in [6.07, 6.45) is -1.52.